The summed E-state index contributed by atoms with van der Waals surface area (Å²) in [7, 11) is 0. The van der Waals surface area contributed by atoms with Crippen LogP contribution in [0, 0.1) is 0 Å². The summed E-state index contributed by atoms with van der Waals surface area (Å²) >= 11 is 0. The quantitative estimate of drug-likeness (QED) is 0.700. The van der Waals surface area contributed by atoms with Crippen molar-refractivity contribution in [3.8, 4) is 0 Å². The van der Waals surface area contributed by atoms with Crippen molar-refractivity contribution in [2.75, 3.05) is 5.73 Å². The van der Waals surface area contributed by atoms with Gasteiger partial charge >= 0.3 is 0 Å². The van der Waals surface area contributed by atoms with E-state index < -0.39 is 0 Å². The number of nitrogens with zero attached hydrogens (tertiary/aromatic N) is 1. The third-order valence-electron chi connectivity index (χ3n) is 1.95. The summed E-state index contributed by atoms with van der Waals surface area (Å²) in [6, 6.07) is 2.12. The summed E-state index contributed by atoms with van der Waals surface area (Å²) in [5, 5.41) is 0. The fraction of sp³-hybridized carbons (Fsp3) is 0.444. The zero-order valence-electron chi connectivity index (χ0n) is 7.33. The molecule has 1 aromatic rings. The number of pyridine rings is 1. The molecule has 4 N–H and O–H groups in total. The summed E-state index contributed by atoms with van der Waals surface area (Å²) in [5.41, 5.74) is 13.3. The molecule has 3 nitrogen and oxygen atoms in total. The number of nitrogens with two attached hydrogens (primary N) is 2. The SMILES string of the molecule is CCC(N)Cc1ccncc1N. The van der Waals surface area contributed by atoms with Crippen molar-refractivity contribution in [1.82, 2.24) is 4.98 Å². The van der Waals surface area contributed by atoms with Gasteiger partial charge in [-0.15, -0.1) is 0 Å². The van der Waals surface area contributed by atoms with Crippen LogP contribution in [-0.4, -0.2) is 11.0 Å². The summed E-state index contributed by atoms with van der Waals surface area (Å²) in [4.78, 5) is 3.91. The molecule has 1 heterocycles. The molecule has 0 spiro atoms. The van der Waals surface area contributed by atoms with E-state index in [1.807, 2.05) is 6.07 Å². The Balaban J connectivity index is 2.69. The monoisotopic (exact) mass is 165 g/mol. The van der Waals surface area contributed by atoms with E-state index in [9.17, 15) is 0 Å². The Kier molecular flexibility index (Phi) is 3.05. The second-order valence-corrected chi connectivity index (χ2v) is 2.95. The van der Waals surface area contributed by atoms with Gasteiger partial charge in [-0.25, -0.2) is 0 Å². The van der Waals surface area contributed by atoms with Crippen molar-refractivity contribution < 1.29 is 0 Å². The Hall–Kier alpha value is -1.09. The average molecular weight is 165 g/mol. The van der Waals surface area contributed by atoms with Gasteiger partial charge in [0.1, 0.15) is 0 Å². The molecule has 0 saturated heterocycles. The van der Waals surface area contributed by atoms with Crippen molar-refractivity contribution in [2.45, 2.75) is 25.8 Å². The van der Waals surface area contributed by atoms with E-state index in [-0.39, 0.29) is 6.04 Å². The summed E-state index contributed by atoms with van der Waals surface area (Å²) < 4.78 is 0. The zero-order chi connectivity index (χ0) is 8.97. The van der Waals surface area contributed by atoms with Gasteiger partial charge in [-0.05, 0) is 24.5 Å². The highest BCUT2D eigenvalue weighted by Gasteiger charge is 2.03. The van der Waals surface area contributed by atoms with Gasteiger partial charge in [-0.2, -0.15) is 0 Å². The minimum absolute atomic E-state index is 0.203. The highest BCUT2D eigenvalue weighted by molar-refractivity contribution is 5.44. The van der Waals surface area contributed by atoms with Crippen LogP contribution in [0.3, 0.4) is 0 Å². The Morgan fingerprint density at radius 1 is 1.58 bits per heavy atom. The topological polar surface area (TPSA) is 64.9 Å². The van der Waals surface area contributed by atoms with E-state index in [1.54, 1.807) is 12.4 Å². The molecule has 66 valence electrons. The van der Waals surface area contributed by atoms with Crippen molar-refractivity contribution >= 4 is 5.69 Å². The van der Waals surface area contributed by atoms with Crippen LogP contribution in [0.25, 0.3) is 0 Å². The number of nitrogen functional groups attached to an aromatic ring is 1. The van der Waals surface area contributed by atoms with Gasteiger partial charge in [0.2, 0.25) is 0 Å². The lowest BCUT2D eigenvalue weighted by Gasteiger charge is -2.09. The Labute approximate surface area is 72.8 Å². The maximum absolute atomic E-state index is 5.80. The Morgan fingerprint density at radius 2 is 2.33 bits per heavy atom. The van der Waals surface area contributed by atoms with Crippen LogP contribution in [0.15, 0.2) is 18.5 Å². The standard InChI is InChI=1S/C9H15N3/c1-2-8(10)5-7-3-4-12-6-9(7)11/h3-4,6,8H,2,5,10-11H2,1H3. The molecule has 0 fully saturated rings. The van der Waals surface area contributed by atoms with Gasteiger partial charge in [0.05, 0.1) is 11.9 Å². The molecule has 3 heteroatoms. The maximum atomic E-state index is 5.80. The molecule has 0 aliphatic carbocycles. The number of rotatable bonds is 3. The molecule has 0 bridgehead atoms. The van der Waals surface area contributed by atoms with Gasteiger partial charge < -0.3 is 11.5 Å². The molecule has 0 aliphatic heterocycles. The van der Waals surface area contributed by atoms with Crippen LogP contribution < -0.4 is 11.5 Å². The van der Waals surface area contributed by atoms with Crippen LogP contribution >= 0.6 is 0 Å². The van der Waals surface area contributed by atoms with Gasteiger partial charge in [0, 0.05) is 12.2 Å². The molecule has 12 heavy (non-hydrogen) atoms. The molecule has 0 saturated carbocycles. The molecule has 1 rings (SSSR count). The fourth-order valence-corrected chi connectivity index (χ4v) is 1.05. The van der Waals surface area contributed by atoms with Crippen molar-refractivity contribution in [2.24, 2.45) is 5.73 Å². The van der Waals surface area contributed by atoms with E-state index in [0.29, 0.717) is 0 Å². The van der Waals surface area contributed by atoms with Crippen LogP contribution in [0.5, 0.6) is 0 Å². The Morgan fingerprint density at radius 3 is 2.92 bits per heavy atom. The minimum atomic E-state index is 0.203. The van der Waals surface area contributed by atoms with Crippen molar-refractivity contribution in [3.63, 3.8) is 0 Å². The van der Waals surface area contributed by atoms with Crippen LogP contribution in [0.4, 0.5) is 5.69 Å². The van der Waals surface area contributed by atoms with E-state index >= 15 is 0 Å². The normalized spacial score (nSPS) is 12.8. The van der Waals surface area contributed by atoms with E-state index in [0.717, 1.165) is 24.1 Å². The average Bonchev–Trinajstić information content (AvgIpc) is 2.09. The predicted molar refractivity (Wildman–Crippen MR) is 50.6 cm³/mol. The number of aromatic nitrogens is 1. The molecule has 0 aromatic carbocycles. The van der Waals surface area contributed by atoms with Gasteiger partial charge in [-0.1, -0.05) is 6.92 Å². The summed E-state index contributed by atoms with van der Waals surface area (Å²) in [5.74, 6) is 0. The molecule has 1 aromatic heterocycles. The first-order chi connectivity index (χ1) is 5.74. The van der Waals surface area contributed by atoms with Crippen LogP contribution in [0.2, 0.25) is 0 Å². The second kappa shape index (κ2) is 4.07. The lowest BCUT2D eigenvalue weighted by molar-refractivity contribution is 0.647. The summed E-state index contributed by atoms with van der Waals surface area (Å²) in [6.07, 6.45) is 5.22. The molecule has 0 radical (unpaired) electrons. The maximum Gasteiger partial charge on any atom is 0.0533 e. The first-order valence-electron chi connectivity index (χ1n) is 4.18. The fourth-order valence-electron chi connectivity index (χ4n) is 1.05. The van der Waals surface area contributed by atoms with Crippen LogP contribution in [-0.2, 0) is 6.42 Å². The third-order valence-corrected chi connectivity index (χ3v) is 1.95. The molecule has 1 unspecified atom stereocenters. The molecule has 0 amide bonds. The first-order valence-corrected chi connectivity index (χ1v) is 4.18. The largest absolute Gasteiger partial charge is 0.397 e. The number of hydrogen-bond donors (Lipinski definition) is 2. The Bertz CT molecular complexity index is 247. The molecule has 1 atom stereocenters. The van der Waals surface area contributed by atoms with E-state index in [2.05, 4.69) is 11.9 Å². The first kappa shape index (κ1) is 9.00. The van der Waals surface area contributed by atoms with Crippen molar-refractivity contribution in [3.05, 3.63) is 24.0 Å². The van der Waals surface area contributed by atoms with E-state index in [1.165, 1.54) is 0 Å². The molecular formula is C9H15N3. The molecular weight excluding hydrogens is 150 g/mol. The van der Waals surface area contributed by atoms with Crippen LogP contribution in [0.1, 0.15) is 18.9 Å². The lowest BCUT2D eigenvalue weighted by Crippen LogP contribution is -2.21. The minimum Gasteiger partial charge on any atom is -0.397 e. The summed E-state index contributed by atoms with van der Waals surface area (Å²) in [6.45, 7) is 2.07. The van der Waals surface area contributed by atoms with Gasteiger partial charge in [0.15, 0.2) is 0 Å². The highest BCUT2D eigenvalue weighted by Crippen LogP contribution is 2.11. The smallest absolute Gasteiger partial charge is 0.0533 e. The highest BCUT2D eigenvalue weighted by atomic mass is 14.7. The second-order valence-electron chi connectivity index (χ2n) is 2.95. The van der Waals surface area contributed by atoms with Gasteiger partial charge in [-0.3, -0.25) is 4.98 Å². The zero-order valence-corrected chi connectivity index (χ0v) is 7.33. The number of hydrogen-bond acceptors (Lipinski definition) is 3. The third kappa shape index (κ3) is 2.20. The van der Waals surface area contributed by atoms with Crippen molar-refractivity contribution in [1.29, 1.82) is 0 Å². The van der Waals surface area contributed by atoms with Gasteiger partial charge in [0.25, 0.3) is 0 Å². The lowest BCUT2D eigenvalue weighted by atomic mass is 10.1. The molecule has 0 aliphatic rings. The predicted octanol–water partition coefficient (Wildman–Crippen LogP) is 0.944. The van der Waals surface area contributed by atoms with E-state index in [4.69, 9.17) is 11.5 Å². The number of anilines is 1.